The summed E-state index contributed by atoms with van der Waals surface area (Å²) in [7, 11) is 0. The van der Waals surface area contributed by atoms with E-state index in [0.29, 0.717) is 36.6 Å². The Morgan fingerprint density at radius 2 is 1.96 bits per heavy atom. The van der Waals surface area contributed by atoms with Crippen molar-refractivity contribution in [3.63, 3.8) is 0 Å². The number of hydrogen-bond donors (Lipinski definition) is 2. The Labute approximate surface area is 170 Å². The Morgan fingerprint density at radius 1 is 1.32 bits per heavy atom. The average molecular weight is 391 g/mol. The molecule has 5 nitrogen and oxygen atoms in total. The summed E-state index contributed by atoms with van der Waals surface area (Å²) in [6, 6.07) is 0. The Morgan fingerprint density at radius 3 is 2.57 bits per heavy atom. The van der Waals surface area contributed by atoms with Crippen molar-refractivity contribution in [2.45, 2.75) is 83.8 Å². The normalized spacial score (nSPS) is 32.1. The number of hydrogen-bond acceptors (Lipinski definition) is 5. The van der Waals surface area contributed by atoms with Gasteiger partial charge in [0.25, 0.3) is 0 Å². The van der Waals surface area contributed by atoms with Crippen molar-refractivity contribution in [1.82, 2.24) is 0 Å². The molecule has 28 heavy (non-hydrogen) atoms. The molecule has 0 aromatic carbocycles. The summed E-state index contributed by atoms with van der Waals surface area (Å²) < 4.78 is 5.23. The van der Waals surface area contributed by atoms with Gasteiger partial charge in [-0.3, -0.25) is 9.79 Å². The summed E-state index contributed by atoms with van der Waals surface area (Å²) in [5.41, 5.74) is 5.46. The third-order valence-electron chi connectivity index (χ3n) is 6.24. The number of rotatable bonds is 9. The van der Waals surface area contributed by atoms with Gasteiger partial charge in [0.05, 0.1) is 18.5 Å². The molecule has 5 heteroatoms. The monoisotopic (exact) mass is 390 g/mol. The second-order valence-corrected chi connectivity index (χ2v) is 9.47. The number of ketones is 1. The van der Waals surface area contributed by atoms with Crippen molar-refractivity contribution >= 4 is 11.6 Å². The topological polar surface area (TPSA) is 84.9 Å². The van der Waals surface area contributed by atoms with Crippen LogP contribution in [0.5, 0.6) is 0 Å². The number of aliphatic imine (C=N–C) groups is 1. The largest absolute Gasteiger partial charge is 0.391 e. The maximum Gasteiger partial charge on any atom is 0.163 e. The third kappa shape index (κ3) is 6.60. The Kier molecular flexibility index (Phi) is 8.52. The Balaban J connectivity index is 1.82. The van der Waals surface area contributed by atoms with Gasteiger partial charge in [0, 0.05) is 12.3 Å². The first kappa shape index (κ1) is 22.9. The van der Waals surface area contributed by atoms with E-state index in [1.165, 1.54) is 0 Å². The zero-order valence-electron chi connectivity index (χ0n) is 17.8. The van der Waals surface area contributed by atoms with Gasteiger partial charge in [-0.25, -0.2) is 0 Å². The average Bonchev–Trinajstić information content (AvgIpc) is 2.60. The van der Waals surface area contributed by atoms with E-state index >= 15 is 0 Å². The summed E-state index contributed by atoms with van der Waals surface area (Å²) in [5.74, 6) is 4.84. The molecular weight excluding hydrogens is 352 g/mol. The SMILES string of the molecule is C#CCOCC(O)CC1CCC(CC2CC(N)=NC(C)(CC(C)C)C2=O)CC1. The van der Waals surface area contributed by atoms with E-state index in [9.17, 15) is 9.90 Å². The minimum atomic E-state index is -0.652. The zero-order valence-corrected chi connectivity index (χ0v) is 17.8. The molecule has 0 bridgehead atoms. The van der Waals surface area contributed by atoms with Crippen molar-refractivity contribution in [1.29, 1.82) is 0 Å². The van der Waals surface area contributed by atoms with Gasteiger partial charge in [0.2, 0.25) is 0 Å². The van der Waals surface area contributed by atoms with Crippen molar-refractivity contribution in [2.24, 2.45) is 34.4 Å². The summed E-state index contributed by atoms with van der Waals surface area (Å²) >= 11 is 0. The first-order valence-electron chi connectivity index (χ1n) is 10.8. The van der Waals surface area contributed by atoms with E-state index < -0.39 is 11.6 Å². The second-order valence-electron chi connectivity index (χ2n) is 9.47. The number of nitrogens with two attached hydrogens (primary N) is 1. The van der Waals surface area contributed by atoms with Gasteiger partial charge >= 0.3 is 0 Å². The van der Waals surface area contributed by atoms with E-state index in [-0.39, 0.29) is 18.3 Å². The molecule has 3 atom stereocenters. The molecule has 2 aliphatic rings. The standard InChI is InChI=1S/C23H38N2O3/c1-5-10-28-15-20(26)12-18-8-6-17(7-9-18)11-19-13-21(24)25-23(4,22(19)27)14-16(2)3/h1,16-20,26H,6-15H2,2-4H3,(H2,24,25). The molecule has 0 aromatic heterocycles. The summed E-state index contributed by atoms with van der Waals surface area (Å²) in [5, 5.41) is 10.1. The van der Waals surface area contributed by atoms with Crippen LogP contribution in [0.1, 0.15) is 72.1 Å². The van der Waals surface area contributed by atoms with Gasteiger partial charge in [0.1, 0.15) is 12.1 Å². The van der Waals surface area contributed by atoms with Gasteiger partial charge in [-0.2, -0.15) is 0 Å². The molecule has 0 saturated heterocycles. The van der Waals surface area contributed by atoms with E-state index in [1.54, 1.807) is 0 Å². The van der Waals surface area contributed by atoms with Crippen LogP contribution in [-0.4, -0.2) is 41.6 Å². The number of aliphatic hydroxyl groups excluding tert-OH is 1. The molecule has 3 N–H and O–H groups in total. The zero-order chi connectivity index (χ0) is 20.7. The lowest BCUT2D eigenvalue weighted by atomic mass is 9.71. The molecule has 0 spiro atoms. The molecule has 0 amide bonds. The molecule has 2 rings (SSSR count). The smallest absolute Gasteiger partial charge is 0.163 e. The number of amidine groups is 1. The highest BCUT2D eigenvalue weighted by atomic mass is 16.5. The summed E-state index contributed by atoms with van der Waals surface area (Å²) in [4.78, 5) is 17.7. The quantitative estimate of drug-likeness (QED) is 0.467. The van der Waals surface area contributed by atoms with Crippen LogP contribution in [0.15, 0.2) is 4.99 Å². The first-order valence-corrected chi connectivity index (χ1v) is 10.8. The van der Waals surface area contributed by atoms with Crippen molar-refractivity contribution < 1.29 is 14.6 Å². The number of carbonyl (C=O) groups is 1. The van der Waals surface area contributed by atoms with E-state index in [2.05, 4.69) is 24.8 Å². The van der Waals surface area contributed by atoms with Crippen LogP contribution in [0.3, 0.4) is 0 Å². The maximum absolute atomic E-state index is 13.1. The number of terminal acetylenes is 1. The molecule has 0 radical (unpaired) electrons. The van der Waals surface area contributed by atoms with Crippen molar-refractivity contribution in [3.8, 4) is 12.3 Å². The van der Waals surface area contributed by atoms with Crippen LogP contribution < -0.4 is 5.73 Å². The molecule has 1 heterocycles. The predicted octanol–water partition coefficient (Wildman–Crippen LogP) is 3.33. The summed E-state index contributed by atoms with van der Waals surface area (Å²) in [6.45, 7) is 6.77. The predicted molar refractivity (Wildman–Crippen MR) is 113 cm³/mol. The van der Waals surface area contributed by atoms with Gasteiger partial charge in [0.15, 0.2) is 5.78 Å². The molecule has 3 unspecified atom stereocenters. The van der Waals surface area contributed by atoms with E-state index in [1.807, 2.05) is 6.92 Å². The molecule has 1 fully saturated rings. The molecule has 1 aliphatic heterocycles. The van der Waals surface area contributed by atoms with Crippen LogP contribution in [0.25, 0.3) is 0 Å². The second kappa shape index (κ2) is 10.4. The van der Waals surface area contributed by atoms with Gasteiger partial charge in [-0.1, -0.05) is 45.5 Å². The number of ether oxygens (including phenoxy) is 1. The molecule has 1 aliphatic carbocycles. The number of nitrogens with zero attached hydrogens (tertiary/aromatic N) is 1. The van der Waals surface area contributed by atoms with Crippen molar-refractivity contribution in [3.05, 3.63) is 0 Å². The van der Waals surface area contributed by atoms with Crippen LogP contribution in [0.2, 0.25) is 0 Å². The first-order chi connectivity index (χ1) is 13.2. The highest BCUT2D eigenvalue weighted by Crippen LogP contribution is 2.39. The van der Waals surface area contributed by atoms with E-state index in [0.717, 1.165) is 44.9 Å². The van der Waals surface area contributed by atoms with Crippen molar-refractivity contribution in [2.75, 3.05) is 13.2 Å². The Bertz CT molecular complexity index is 587. The van der Waals surface area contributed by atoms with Crippen LogP contribution >= 0.6 is 0 Å². The molecule has 1 saturated carbocycles. The van der Waals surface area contributed by atoms with Crippen LogP contribution in [0, 0.1) is 36.0 Å². The van der Waals surface area contributed by atoms with Gasteiger partial charge < -0.3 is 15.6 Å². The number of carbonyl (C=O) groups excluding carboxylic acids is 1. The summed E-state index contributed by atoms with van der Waals surface area (Å²) in [6.07, 6.45) is 12.2. The minimum Gasteiger partial charge on any atom is -0.391 e. The minimum absolute atomic E-state index is 0.00514. The Hall–Kier alpha value is -1.38. The van der Waals surface area contributed by atoms with Crippen LogP contribution in [-0.2, 0) is 9.53 Å². The van der Waals surface area contributed by atoms with Gasteiger partial charge in [-0.05, 0) is 43.9 Å². The third-order valence-corrected chi connectivity index (χ3v) is 6.24. The lowest BCUT2D eigenvalue weighted by Gasteiger charge is -2.37. The maximum atomic E-state index is 13.1. The molecular formula is C23H38N2O3. The number of Topliss-reactive ketones (excluding diaryl/α,β-unsaturated/α-hetero) is 1. The highest BCUT2D eigenvalue weighted by Gasteiger charge is 2.42. The number of aliphatic hydroxyl groups is 1. The lowest BCUT2D eigenvalue weighted by Crippen LogP contribution is -2.47. The highest BCUT2D eigenvalue weighted by molar-refractivity contribution is 5.99. The lowest BCUT2D eigenvalue weighted by molar-refractivity contribution is -0.129. The molecule has 158 valence electrons. The van der Waals surface area contributed by atoms with E-state index in [4.69, 9.17) is 16.9 Å². The molecule has 0 aromatic rings. The fourth-order valence-corrected chi connectivity index (χ4v) is 5.15. The fraction of sp³-hybridized carbons (Fsp3) is 0.826. The van der Waals surface area contributed by atoms with Crippen LogP contribution in [0.4, 0.5) is 0 Å². The van der Waals surface area contributed by atoms with Gasteiger partial charge in [-0.15, -0.1) is 6.42 Å². The fourth-order valence-electron chi connectivity index (χ4n) is 5.15.